The fourth-order valence-corrected chi connectivity index (χ4v) is 2.71. The number of hydrogen-bond acceptors (Lipinski definition) is 4. The van der Waals surface area contributed by atoms with Crippen molar-refractivity contribution in [1.29, 1.82) is 5.41 Å². The predicted octanol–water partition coefficient (Wildman–Crippen LogP) is 5.42. The Hall–Kier alpha value is -2.07. The highest BCUT2D eigenvalue weighted by Crippen LogP contribution is 2.37. The standard InChI is InChI=1S/C14H23NO.C7H11N.CH5N/c1-13(2,3)9-14(4,5)10-6-7-12(16)11(15)8-10;1-3-4-5-6-7(2)8;1-2/h6-8,16H,9,15H2,1-5H3;3-6,8H,1-2H3;2H2,1H3/b;4-3-,6-5-,8-7?;. The van der Waals surface area contributed by atoms with Crippen molar-refractivity contribution < 1.29 is 5.11 Å². The second-order valence-corrected chi connectivity index (χ2v) is 7.96. The molecule has 0 aliphatic carbocycles. The third-order valence-electron chi connectivity index (χ3n) is 3.43. The van der Waals surface area contributed by atoms with Gasteiger partial charge in [-0.05, 0) is 61.9 Å². The molecule has 0 aliphatic rings. The summed E-state index contributed by atoms with van der Waals surface area (Å²) >= 11 is 0. The van der Waals surface area contributed by atoms with Crippen LogP contribution in [0, 0.1) is 10.8 Å². The fourth-order valence-electron chi connectivity index (χ4n) is 2.71. The first-order chi connectivity index (χ1) is 11.9. The molecule has 26 heavy (non-hydrogen) atoms. The van der Waals surface area contributed by atoms with Crippen LogP contribution in [0.15, 0.2) is 42.5 Å². The van der Waals surface area contributed by atoms with Crippen LogP contribution in [0.2, 0.25) is 0 Å². The van der Waals surface area contributed by atoms with Crippen LogP contribution in [0.25, 0.3) is 0 Å². The molecule has 4 nitrogen and oxygen atoms in total. The number of allylic oxidation sites excluding steroid dienone is 4. The van der Waals surface area contributed by atoms with E-state index in [1.165, 1.54) is 12.6 Å². The van der Waals surface area contributed by atoms with E-state index in [4.69, 9.17) is 11.1 Å². The van der Waals surface area contributed by atoms with E-state index in [9.17, 15) is 5.11 Å². The van der Waals surface area contributed by atoms with Gasteiger partial charge in [0.15, 0.2) is 0 Å². The van der Waals surface area contributed by atoms with Crippen molar-refractivity contribution >= 4 is 11.4 Å². The maximum absolute atomic E-state index is 9.42. The third-order valence-corrected chi connectivity index (χ3v) is 3.43. The summed E-state index contributed by atoms with van der Waals surface area (Å²) < 4.78 is 0. The maximum Gasteiger partial charge on any atom is 0.138 e. The molecule has 0 bridgehead atoms. The molecule has 1 aromatic rings. The zero-order chi connectivity index (χ0) is 21.0. The first kappa shape index (κ1) is 26.2. The van der Waals surface area contributed by atoms with Crippen LogP contribution in [0.3, 0.4) is 0 Å². The van der Waals surface area contributed by atoms with Gasteiger partial charge in [0.05, 0.1) is 5.69 Å². The number of phenols is 1. The summed E-state index contributed by atoms with van der Waals surface area (Å²) in [6, 6.07) is 5.51. The molecule has 6 N–H and O–H groups in total. The van der Waals surface area contributed by atoms with Gasteiger partial charge in [-0.2, -0.15) is 0 Å². The zero-order valence-electron chi connectivity index (χ0n) is 17.9. The van der Waals surface area contributed by atoms with Crippen molar-refractivity contribution in [1.82, 2.24) is 0 Å². The molecule has 0 amide bonds. The van der Waals surface area contributed by atoms with Crippen LogP contribution in [0.4, 0.5) is 5.69 Å². The molecule has 0 saturated carbocycles. The highest BCUT2D eigenvalue weighted by Gasteiger charge is 2.27. The molecule has 148 valence electrons. The van der Waals surface area contributed by atoms with Gasteiger partial charge in [-0.3, -0.25) is 0 Å². The van der Waals surface area contributed by atoms with Gasteiger partial charge in [0.25, 0.3) is 0 Å². The number of phenolic OH excluding ortho intramolecular Hbond substituents is 1. The first-order valence-electron chi connectivity index (χ1n) is 8.90. The Morgan fingerprint density at radius 1 is 1.12 bits per heavy atom. The lowest BCUT2D eigenvalue weighted by Crippen LogP contribution is -2.24. The maximum atomic E-state index is 9.42. The number of nitrogen functional groups attached to an aromatic ring is 1. The summed E-state index contributed by atoms with van der Waals surface area (Å²) in [5.41, 5.74) is 12.8. The first-order valence-corrected chi connectivity index (χ1v) is 8.90. The third kappa shape index (κ3) is 12.3. The van der Waals surface area contributed by atoms with Crippen molar-refractivity contribution in [3.05, 3.63) is 48.1 Å². The summed E-state index contributed by atoms with van der Waals surface area (Å²) in [6.07, 6.45) is 8.50. The van der Waals surface area contributed by atoms with Crippen LogP contribution in [-0.2, 0) is 5.41 Å². The quantitative estimate of drug-likeness (QED) is 0.249. The molecule has 0 heterocycles. The Balaban J connectivity index is 0. The predicted molar refractivity (Wildman–Crippen MR) is 117 cm³/mol. The normalized spacial score (nSPS) is 11.6. The molecule has 0 aromatic heterocycles. The van der Waals surface area contributed by atoms with Crippen molar-refractivity contribution in [2.24, 2.45) is 11.1 Å². The Kier molecular flexibility index (Phi) is 12.4. The molecule has 0 aliphatic heterocycles. The molecule has 1 aromatic carbocycles. The van der Waals surface area contributed by atoms with E-state index < -0.39 is 0 Å². The molecule has 0 radical (unpaired) electrons. The van der Waals surface area contributed by atoms with E-state index in [1.807, 2.05) is 37.3 Å². The van der Waals surface area contributed by atoms with Gasteiger partial charge in [-0.15, -0.1) is 0 Å². The number of anilines is 1. The highest BCUT2D eigenvalue weighted by atomic mass is 16.3. The van der Waals surface area contributed by atoms with Crippen LogP contribution < -0.4 is 11.5 Å². The van der Waals surface area contributed by atoms with E-state index in [0.29, 0.717) is 11.4 Å². The van der Waals surface area contributed by atoms with Gasteiger partial charge in [0, 0.05) is 5.71 Å². The van der Waals surface area contributed by atoms with Gasteiger partial charge in [-0.25, -0.2) is 0 Å². The smallest absolute Gasteiger partial charge is 0.138 e. The molecule has 0 unspecified atom stereocenters. The second-order valence-electron chi connectivity index (χ2n) is 7.96. The van der Waals surface area contributed by atoms with Crippen LogP contribution in [0.1, 0.15) is 60.5 Å². The Morgan fingerprint density at radius 3 is 2.04 bits per heavy atom. The Labute approximate surface area is 160 Å². The van der Waals surface area contributed by atoms with Crippen LogP contribution >= 0.6 is 0 Å². The summed E-state index contributed by atoms with van der Waals surface area (Å²) in [5, 5.41) is 16.4. The van der Waals surface area contributed by atoms with Crippen molar-refractivity contribution in [3.63, 3.8) is 0 Å². The summed E-state index contributed by atoms with van der Waals surface area (Å²) in [5.74, 6) is 0.162. The van der Waals surface area contributed by atoms with Gasteiger partial charge in [0.2, 0.25) is 0 Å². The number of aromatic hydroxyl groups is 1. The molecular formula is C22H39N3O. The number of rotatable bonds is 4. The largest absolute Gasteiger partial charge is 0.506 e. The van der Waals surface area contributed by atoms with E-state index in [1.54, 1.807) is 19.1 Å². The minimum atomic E-state index is 0.0695. The number of benzene rings is 1. The number of nitrogens with two attached hydrogens (primary N) is 2. The highest BCUT2D eigenvalue weighted by molar-refractivity contribution is 5.90. The minimum Gasteiger partial charge on any atom is -0.506 e. The van der Waals surface area contributed by atoms with Gasteiger partial charge < -0.3 is 22.0 Å². The molecule has 0 atom stereocenters. The average Bonchev–Trinajstić information content (AvgIpc) is 2.50. The van der Waals surface area contributed by atoms with Crippen molar-refractivity contribution in [2.75, 3.05) is 12.8 Å². The second kappa shape index (κ2) is 12.3. The molecule has 0 spiro atoms. The monoisotopic (exact) mass is 361 g/mol. The summed E-state index contributed by atoms with van der Waals surface area (Å²) in [4.78, 5) is 0. The molecular weight excluding hydrogens is 322 g/mol. The molecule has 4 heteroatoms. The average molecular weight is 362 g/mol. The van der Waals surface area contributed by atoms with Gasteiger partial charge >= 0.3 is 0 Å². The van der Waals surface area contributed by atoms with Crippen molar-refractivity contribution in [3.8, 4) is 5.75 Å². The van der Waals surface area contributed by atoms with Crippen LogP contribution in [-0.4, -0.2) is 17.9 Å². The lowest BCUT2D eigenvalue weighted by Gasteiger charge is -2.33. The van der Waals surface area contributed by atoms with Crippen molar-refractivity contribution in [2.45, 2.75) is 60.3 Å². The summed E-state index contributed by atoms with van der Waals surface area (Å²) in [7, 11) is 1.50. The topological polar surface area (TPSA) is 96.1 Å². The van der Waals surface area contributed by atoms with Gasteiger partial charge in [-0.1, -0.05) is 58.9 Å². The fraction of sp³-hybridized carbons (Fsp3) is 0.500. The van der Waals surface area contributed by atoms with E-state index >= 15 is 0 Å². The lowest BCUT2D eigenvalue weighted by molar-refractivity contribution is 0.284. The van der Waals surface area contributed by atoms with E-state index in [-0.39, 0.29) is 16.6 Å². The van der Waals surface area contributed by atoms with E-state index in [2.05, 4.69) is 40.4 Å². The number of hydrogen-bond donors (Lipinski definition) is 4. The van der Waals surface area contributed by atoms with Gasteiger partial charge in [0.1, 0.15) is 5.75 Å². The Morgan fingerprint density at radius 2 is 1.65 bits per heavy atom. The minimum absolute atomic E-state index is 0.0695. The zero-order valence-corrected chi connectivity index (χ0v) is 17.9. The van der Waals surface area contributed by atoms with E-state index in [0.717, 1.165) is 6.42 Å². The van der Waals surface area contributed by atoms with Crippen LogP contribution in [0.5, 0.6) is 5.75 Å². The SMILES string of the molecule is C/C=C\C=C/C(C)=N.CC(C)(C)CC(C)(C)c1ccc(O)c(N)c1.CN. The Bertz CT molecular complexity index is 594. The molecule has 1 rings (SSSR count). The number of nitrogens with one attached hydrogen (secondary N) is 1. The molecule has 0 fully saturated rings. The molecule has 0 saturated heterocycles. The summed E-state index contributed by atoms with van der Waals surface area (Å²) in [6.45, 7) is 14.8. The lowest BCUT2D eigenvalue weighted by atomic mass is 9.72.